The Hall–Kier alpha value is -3.76. The molecule has 0 aromatic heterocycles. The van der Waals surface area contributed by atoms with Crippen molar-refractivity contribution in [1.82, 2.24) is 4.90 Å². The van der Waals surface area contributed by atoms with Gasteiger partial charge in [0.2, 0.25) is 0 Å². The third kappa shape index (κ3) is 2.53. The van der Waals surface area contributed by atoms with E-state index >= 15 is 0 Å². The van der Waals surface area contributed by atoms with Crippen molar-refractivity contribution in [1.29, 1.82) is 0 Å². The standard InChI is InChI=1S/C28H21NO3/c1-18(28(21-14-6-3-7-15-21)25(32-28)20-10-4-2-5-11-20)29-26(30)22-16-8-12-19-13-9-17-23(24(19)22)27(29)31/h2-18,25H,1H3. The first-order valence-corrected chi connectivity index (χ1v) is 10.8. The number of epoxide rings is 1. The van der Waals surface area contributed by atoms with E-state index in [1.54, 1.807) is 12.1 Å². The van der Waals surface area contributed by atoms with Crippen molar-refractivity contribution in [2.75, 3.05) is 0 Å². The molecule has 2 amide bonds. The lowest BCUT2D eigenvalue weighted by molar-refractivity contribution is 0.0458. The van der Waals surface area contributed by atoms with Gasteiger partial charge in [0.25, 0.3) is 11.8 Å². The van der Waals surface area contributed by atoms with E-state index in [1.165, 1.54) is 4.90 Å². The number of benzene rings is 4. The van der Waals surface area contributed by atoms with Crippen LogP contribution in [0.15, 0.2) is 97.1 Å². The molecule has 0 aliphatic carbocycles. The molecule has 4 aromatic rings. The highest BCUT2D eigenvalue weighted by atomic mass is 16.6. The minimum atomic E-state index is -0.798. The highest BCUT2D eigenvalue weighted by Crippen LogP contribution is 2.60. The zero-order valence-electron chi connectivity index (χ0n) is 17.6. The topological polar surface area (TPSA) is 49.9 Å². The number of amides is 2. The number of carbonyl (C=O) groups is 2. The van der Waals surface area contributed by atoms with Crippen molar-refractivity contribution in [3.63, 3.8) is 0 Å². The summed E-state index contributed by atoms with van der Waals surface area (Å²) in [5, 5.41) is 1.63. The third-order valence-corrected chi connectivity index (χ3v) is 6.78. The molecule has 0 bridgehead atoms. The fourth-order valence-electron chi connectivity index (χ4n) is 5.17. The van der Waals surface area contributed by atoms with Crippen LogP contribution in [0.4, 0.5) is 0 Å². The zero-order chi connectivity index (χ0) is 21.9. The molecular formula is C28H21NO3. The average molecular weight is 419 g/mol. The van der Waals surface area contributed by atoms with Gasteiger partial charge in [0, 0.05) is 16.5 Å². The van der Waals surface area contributed by atoms with E-state index in [4.69, 9.17) is 4.74 Å². The predicted octanol–water partition coefficient (Wildman–Crippen LogP) is 5.49. The van der Waals surface area contributed by atoms with Crippen molar-refractivity contribution in [2.24, 2.45) is 0 Å². The van der Waals surface area contributed by atoms with Crippen LogP contribution in [0.25, 0.3) is 10.8 Å². The Labute approximate surface area is 186 Å². The number of nitrogens with zero attached hydrogens (tertiary/aromatic N) is 1. The third-order valence-electron chi connectivity index (χ3n) is 6.78. The Morgan fingerprint density at radius 1 is 0.750 bits per heavy atom. The van der Waals surface area contributed by atoms with Crippen LogP contribution >= 0.6 is 0 Å². The van der Waals surface area contributed by atoms with E-state index < -0.39 is 11.6 Å². The Kier molecular flexibility index (Phi) is 4.07. The highest BCUT2D eigenvalue weighted by molar-refractivity contribution is 6.25. The van der Waals surface area contributed by atoms with Gasteiger partial charge in [0.15, 0.2) is 0 Å². The molecular weight excluding hydrogens is 398 g/mol. The second-order valence-corrected chi connectivity index (χ2v) is 8.43. The summed E-state index contributed by atoms with van der Waals surface area (Å²) >= 11 is 0. The van der Waals surface area contributed by atoms with Crippen molar-refractivity contribution in [3.05, 3.63) is 119 Å². The van der Waals surface area contributed by atoms with E-state index in [0.717, 1.165) is 21.9 Å². The van der Waals surface area contributed by atoms with Crippen molar-refractivity contribution in [3.8, 4) is 0 Å². The highest BCUT2D eigenvalue weighted by Gasteiger charge is 2.64. The molecule has 0 saturated carbocycles. The molecule has 2 heterocycles. The summed E-state index contributed by atoms with van der Waals surface area (Å²) in [6, 6.07) is 30.6. The van der Waals surface area contributed by atoms with Gasteiger partial charge < -0.3 is 4.74 Å². The van der Waals surface area contributed by atoms with Crippen molar-refractivity contribution in [2.45, 2.75) is 24.7 Å². The first-order chi connectivity index (χ1) is 15.6. The van der Waals surface area contributed by atoms with Crippen LogP contribution in [-0.2, 0) is 10.3 Å². The minimum Gasteiger partial charge on any atom is -0.354 e. The van der Waals surface area contributed by atoms with Gasteiger partial charge in [0.05, 0.1) is 6.04 Å². The average Bonchev–Trinajstić information content (AvgIpc) is 3.61. The van der Waals surface area contributed by atoms with Crippen LogP contribution in [0.3, 0.4) is 0 Å². The normalized spacial score (nSPS) is 22.8. The monoisotopic (exact) mass is 419 g/mol. The van der Waals surface area contributed by atoms with Crippen LogP contribution in [-0.4, -0.2) is 22.8 Å². The molecule has 3 atom stereocenters. The molecule has 0 N–H and O–H groups in total. The van der Waals surface area contributed by atoms with E-state index in [2.05, 4.69) is 0 Å². The summed E-state index contributed by atoms with van der Waals surface area (Å²) in [5.74, 6) is -0.547. The molecule has 1 saturated heterocycles. The Morgan fingerprint density at radius 3 is 1.91 bits per heavy atom. The summed E-state index contributed by atoms with van der Waals surface area (Å²) in [4.78, 5) is 28.7. The van der Waals surface area contributed by atoms with Crippen LogP contribution < -0.4 is 0 Å². The van der Waals surface area contributed by atoms with Gasteiger partial charge in [0.1, 0.15) is 11.7 Å². The number of hydrogen-bond donors (Lipinski definition) is 0. The van der Waals surface area contributed by atoms with E-state index in [9.17, 15) is 9.59 Å². The SMILES string of the molecule is CC(N1C(=O)c2cccc3cccc(c23)C1=O)C1(c2ccccc2)OC1c1ccccc1. The van der Waals surface area contributed by atoms with Gasteiger partial charge in [-0.15, -0.1) is 0 Å². The Balaban J connectivity index is 1.49. The second-order valence-electron chi connectivity index (χ2n) is 8.43. The van der Waals surface area contributed by atoms with Crippen molar-refractivity contribution < 1.29 is 14.3 Å². The fourth-order valence-corrected chi connectivity index (χ4v) is 5.17. The minimum absolute atomic E-state index is 0.241. The quantitative estimate of drug-likeness (QED) is 0.325. The fraction of sp³-hybridized carbons (Fsp3) is 0.143. The molecule has 0 spiro atoms. The van der Waals surface area contributed by atoms with E-state index in [-0.39, 0.29) is 17.9 Å². The van der Waals surface area contributed by atoms with Crippen LogP contribution in [0.2, 0.25) is 0 Å². The molecule has 6 rings (SSSR count). The number of imide groups is 1. The van der Waals surface area contributed by atoms with E-state index in [1.807, 2.05) is 91.9 Å². The summed E-state index contributed by atoms with van der Waals surface area (Å²) in [5.41, 5.74) is 2.31. The largest absolute Gasteiger partial charge is 0.354 e. The predicted molar refractivity (Wildman–Crippen MR) is 122 cm³/mol. The molecule has 3 unspecified atom stereocenters. The molecule has 32 heavy (non-hydrogen) atoms. The number of ether oxygens (including phenoxy) is 1. The Morgan fingerprint density at radius 2 is 1.31 bits per heavy atom. The van der Waals surface area contributed by atoms with Crippen LogP contribution in [0.5, 0.6) is 0 Å². The molecule has 2 aliphatic heterocycles. The molecule has 4 heteroatoms. The lowest BCUT2D eigenvalue weighted by Crippen LogP contribution is -2.51. The number of rotatable bonds is 4. The molecule has 156 valence electrons. The maximum absolute atomic E-state index is 13.7. The summed E-state index contributed by atoms with van der Waals surface area (Å²) in [6.07, 6.45) is -0.241. The second kappa shape index (κ2) is 6.87. The summed E-state index contributed by atoms with van der Waals surface area (Å²) in [7, 11) is 0. The smallest absolute Gasteiger partial charge is 0.261 e. The van der Waals surface area contributed by atoms with Gasteiger partial charge in [-0.3, -0.25) is 14.5 Å². The molecule has 2 aliphatic rings. The van der Waals surface area contributed by atoms with E-state index in [0.29, 0.717) is 11.1 Å². The summed E-state index contributed by atoms with van der Waals surface area (Å²) in [6.45, 7) is 1.92. The van der Waals surface area contributed by atoms with Crippen molar-refractivity contribution >= 4 is 22.6 Å². The van der Waals surface area contributed by atoms with Gasteiger partial charge >= 0.3 is 0 Å². The number of hydrogen-bond acceptors (Lipinski definition) is 3. The maximum atomic E-state index is 13.7. The van der Waals surface area contributed by atoms with Gasteiger partial charge in [-0.1, -0.05) is 84.9 Å². The van der Waals surface area contributed by atoms with Crippen LogP contribution in [0.1, 0.15) is 44.9 Å². The summed E-state index contributed by atoms with van der Waals surface area (Å²) < 4.78 is 6.40. The Bertz CT molecular complexity index is 1310. The first-order valence-electron chi connectivity index (χ1n) is 10.8. The molecule has 4 aromatic carbocycles. The van der Waals surface area contributed by atoms with Gasteiger partial charge in [-0.25, -0.2) is 0 Å². The lowest BCUT2D eigenvalue weighted by atomic mass is 9.83. The first kappa shape index (κ1) is 19.0. The maximum Gasteiger partial charge on any atom is 0.261 e. The molecule has 0 radical (unpaired) electrons. The molecule has 4 nitrogen and oxygen atoms in total. The zero-order valence-corrected chi connectivity index (χ0v) is 17.6. The lowest BCUT2D eigenvalue weighted by Gasteiger charge is -2.35. The number of carbonyl (C=O) groups excluding carboxylic acids is 2. The molecule has 1 fully saturated rings. The van der Waals surface area contributed by atoms with Gasteiger partial charge in [-0.2, -0.15) is 0 Å². The van der Waals surface area contributed by atoms with Crippen LogP contribution in [0, 0.1) is 0 Å². The van der Waals surface area contributed by atoms with Gasteiger partial charge in [-0.05, 0) is 35.6 Å².